The van der Waals surface area contributed by atoms with Gasteiger partial charge in [0.2, 0.25) is 5.91 Å². The molecule has 0 bridgehead atoms. The fourth-order valence-corrected chi connectivity index (χ4v) is 2.75. The Morgan fingerprint density at radius 1 is 1.40 bits per heavy atom. The first-order valence-electron chi connectivity index (χ1n) is 8.44. The Kier molecular flexibility index (Phi) is 6.52. The third kappa shape index (κ3) is 5.29. The molecule has 2 rings (SSSR count). The normalized spacial score (nSPS) is 20.7. The van der Waals surface area contributed by atoms with Gasteiger partial charge in [0.25, 0.3) is 0 Å². The summed E-state index contributed by atoms with van der Waals surface area (Å²) in [7, 11) is 0. The van der Waals surface area contributed by atoms with Crippen LogP contribution >= 0.6 is 0 Å². The molecule has 1 amide bonds. The smallest absolute Gasteiger partial charge is 0.311 e. The number of amides is 1. The maximum absolute atomic E-state index is 12.3. The maximum atomic E-state index is 12.3. The van der Waals surface area contributed by atoms with Crippen molar-refractivity contribution in [2.45, 2.75) is 39.4 Å². The third-order valence-electron chi connectivity index (χ3n) is 3.79. The predicted molar refractivity (Wildman–Crippen MR) is 94.5 cm³/mol. The van der Waals surface area contributed by atoms with Crippen LogP contribution in [0.5, 0.6) is 5.75 Å². The van der Waals surface area contributed by atoms with Crippen molar-refractivity contribution in [1.82, 2.24) is 4.90 Å². The lowest BCUT2D eigenvalue weighted by atomic mass is 10.1. The lowest BCUT2D eigenvalue weighted by Gasteiger charge is -2.34. The number of nitro groups is 1. The van der Waals surface area contributed by atoms with Crippen LogP contribution in [0.25, 0.3) is 6.08 Å². The van der Waals surface area contributed by atoms with Gasteiger partial charge >= 0.3 is 5.69 Å². The van der Waals surface area contributed by atoms with E-state index in [1.807, 2.05) is 20.8 Å². The number of morpholine rings is 1. The Morgan fingerprint density at radius 3 is 2.68 bits per heavy atom. The Labute approximate surface area is 147 Å². The molecule has 0 N–H and O–H groups in total. The molecule has 1 aromatic rings. The first kappa shape index (κ1) is 18.9. The zero-order chi connectivity index (χ0) is 18.4. The fourth-order valence-electron chi connectivity index (χ4n) is 2.75. The van der Waals surface area contributed by atoms with Crippen LogP contribution in [-0.4, -0.2) is 47.6 Å². The zero-order valence-electron chi connectivity index (χ0n) is 14.8. The molecule has 1 aliphatic heterocycles. The van der Waals surface area contributed by atoms with E-state index in [9.17, 15) is 14.9 Å². The molecule has 136 valence electrons. The number of nitro benzene ring substituents is 1. The number of hydrogen-bond donors (Lipinski definition) is 0. The van der Waals surface area contributed by atoms with Crippen molar-refractivity contribution < 1.29 is 19.2 Å². The van der Waals surface area contributed by atoms with Gasteiger partial charge < -0.3 is 14.4 Å². The van der Waals surface area contributed by atoms with E-state index in [2.05, 4.69) is 0 Å². The average molecular weight is 348 g/mol. The van der Waals surface area contributed by atoms with E-state index in [0.717, 1.165) is 6.42 Å². The summed E-state index contributed by atoms with van der Waals surface area (Å²) < 4.78 is 11.0. The van der Waals surface area contributed by atoms with Crippen molar-refractivity contribution in [1.29, 1.82) is 0 Å². The molecule has 0 radical (unpaired) electrons. The lowest BCUT2D eigenvalue weighted by molar-refractivity contribution is -0.385. The van der Waals surface area contributed by atoms with Crippen LogP contribution in [0.3, 0.4) is 0 Å². The minimum absolute atomic E-state index is 0.00261. The molecule has 1 aromatic carbocycles. The van der Waals surface area contributed by atoms with Gasteiger partial charge in [-0.1, -0.05) is 13.0 Å². The number of nitrogens with zero attached hydrogens (tertiary/aromatic N) is 2. The first-order chi connectivity index (χ1) is 11.9. The molecule has 2 unspecified atom stereocenters. The Morgan fingerprint density at radius 2 is 2.08 bits per heavy atom. The second-order valence-corrected chi connectivity index (χ2v) is 6.17. The summed E-state index contributed by atoms with van der Waals surface area (Å²) in [5.74, 6) is 0.113. The minimum Gasteiger partial charge on any atom is -0.487 e. The maximum Gasteiger partial charge on any atom is 0.311 e. The van der Waals surface area contributed by atoms with E-state index < -0.39 is 4.92 Å². The minimum atomic E-state index is -0.477. The molecule has 0 saturated carbocycles. The van der Waals surface area contributed by atoms with E-state index in [0.29, 0.717) is 25.3 Å². The van der Waals surface area contributed by atoms with Crippen LogP contribution in [0.15, 0.2) is 24.3 Å². The monoisotopic (exact) mass is 348 g/mol. The van der Waals surface area contributed by atoms with Crippen molar-refractivity contribution in [3.63, 3.8) is 0 Å². The molecular weight excluding hydrogens is 324 g/mol. The van der Waals surface area contributed by atoms with Gasteiger partial charge in [-0.15, -0.1) is 0 Å². The highest BCUT2D eigenvalue weighted by molar-refractivity contribution is 5.92. The van der Waals surface area contributed by atoms with E-state index in [-0.39, 0.29) is 29.6 Å². The number of hydrogen-bond acceptors (Lipinski definition) is 5. The Hall–Kier alpha value is -2.41. The highest BCUT2D eigenvalue weighted by Gasteiger charge is 2.24. The second-order valence-electron chi connectivity index (χ2n) is 6.17. The highest BCUT2D eigenvalue weighted by atomic mass is 16.6. The Bertz CT molecular complexity index is 649. The zero-order valence-corrected chi connectivity index (χ0v) is 14.8. The van der Waals surface area contributed by atoms with Gasteiger partial charge in [0.1, 0.15) is 0 Å². The SMILES string of the molecule is CCCOc1ccc(/C=C/C(=O)N2CC(C)OC(C)C2)cc1[N+](=O)[O-]. The van der Waals surface area contributed by atoms with Crippen LogP contribution in [0.4, 0.5) is 5.69 Å². The number of benzene rings is 1. The average Bonchev–Trinajstić information content (AvgIpc) is 2.57. The van der Waals surface area contributed by atoms with E-state index in [1.165, 1.54) is 12.1 Å². The number of ether oxygens (including phenoxy) is 2. The standard InChI is InChI=1S/C18H24N2O5/c1-4-9-24-17-7-5-15(10-16(17)20(22)23)6-8-18(21)19-11-13(2)25-14(3)12-19/h5-8,10,13-14H,4,9,11-12H2,1-3H3/b8-6+. The van der Waals surface area contributed by atoms with Gasteiger partial charge in [0.15, 0.2) is 5.75 Å². The molecule has 0 aromatic heterocycles. The van der Waals surface area contributed by atoms with Crippen LogP contribution in [0.1, 0.15) is 32.8 Å². The van der Waals surface area contributed by atoms with Gasteiger partial charge in [-0.25, -0.2) is 0 Å². The summed E-state index contributed by atoms with van der Waals surface area (Å²) in [5, 5.41) is 11.2. The van der Waals surface area contributed by atoms with Crippen molar-refractivity contribution in [2.75, 3.05) is 19.7 Å². The van der Waals surface area contributed by atoms with Crippen LogP contribution < -0.4 is 4.74 Å². The molecule has 1 saturated heterocycles. The lowest BCUT2D eigenvalue weighted by Crippen LogP contribution is -2.47. The van der Waals surface area contributed by atoms with Gasteiger partial charge in [-0.3, -0.25) is 14.9 Å². The van der Waals surface area contributed by atoms with Gasteiger partial charge in [0, 0.05) is 25.2 Å². The van der Waals surface area contributed by atoms with E-state index in [4.69, 9.17) is 9.47 Å². The Balaban J connectivity index is 2.10. The number of rotatable bonds is 6. The molecule has 7 nitrogen and oxygen atoms in total. The molecular formula is C18H24N2O5. The molecule has 2 atom stereocenters. The summed E-state index contributed by atoms with van der Waals surface area (Å²) in [4.78, 5) is 24.8. The largest absolute Gasteiger partial charge is 0.487 e. The molecule has 25 heavy (non-hydrogen) atoms. The summed E-state index contributed by atoms with van der Waals surface area (Å²) >= 11 is 0. The van der Waals surface area contributed by atoms with Gasteiger partial charge in [-0.2, -0.15) is 0 Å². The van der Waals surface area contributed by atoms with Crippen LogP contribution in [0.2, 0.25) is 0 Å². The quantitative estimate of drug-likeness (QED) is 0.448. The van der Waals surface area contributed by atoms with Crippen molar-refractivity contribution in [2.24, 2.45) is 0 Å². The summed E-state index contributed by atoms with van der Waals surface area (Å²) in [6.45, 7) is 7.29. The summed E-state index contributed by atoms with van der Waals surface area (Å²) in [6.07, 6.45) is 3.79. The van der Waals surface area contributed by atoms with Gasteiger partial charge in [0.05, 0.1) is 23.7 Å². The molecule has 1 heterocycles. The highest BCUT2D eigenvalue weighted by Crippen LogP contribution is 2.28. The molecule has 0 spiro atoms. The third-order valence-corrected chi connectivity index (χ3v) is 3.79. The molecule has 7 heteroatoms. The number of carbonyl (C=O) groups is 1. The second kappa shape index (κ2) is 8.62. The van der Waals surface area contributed by atoms with Crippen molar-refractivity contribution in [3.8, 4) is 5.75 Å². The molecule has 0 aliphatic carbocycles. The first-order valence-corrected chi connectivity index (χ1v) is 8.44. The van der Waals surface area contributed by atoms with E-state index >= 15 is 0 Å². The molecule has 1 fully saturated rings. The fraction of sp³-hybridized carbons (Fsp3) is 0.500. The van der Waals surface area contributed by atoms with Crippen LogP contribution in [0, 0.1) is 10.1 Å². The summed E-state index contributed by atoms with van der Waals surface area (Å²) in [5.41, 5.74) is 0.481. The summed E-state index contributed by atoms with van der Waals surface area (Å²) in [6, 6.07) is 4.68. The predicted octanol–water partition coefficient (Wildman–Crippen LogP) is 3.03. The molecule has 1 aliphatic rings. The van der Waals surface area contributed by atoms with Crippen LogP contribution in [-0.2, 0) is 9.53 Å². The topological polar surface area (TPSA) is 81.9 Å². The number of carbonyl (C=O) groups excluding carboxylic acids is 1. The van der Waals surface area contributed by atoms with E-state index in [1.54, 1.807) is 23.1 Å². The van der Waals surface area contributed by atoms with Crippen molar-refractivity contribution in [3.05, 3.63) is 40.0 Å². The van der Waals surface area contributed by atoms with Gasteiger partial charge in [-0.05, 0) is 38.0 Å². The van der Waals surface area contributed by atoms with Crippen molar-refractivity contribution >= 4 is 17.7 Å².